The Labute approximate surface area is 191 Å². The molecule has 32 heavy (non-hydrogen) atoms. The van der Waals surface area contributed by atoms with Crippen molar-refractivity contribution >= 4 is 11.8 Å². The first-order chi connectivity index (χ1) is 15.1. The number of hydrogen-bond donors (Lipinski definition) is 1. The minimum absolute atomic E-state index is 0.0789. The molecule has 1 aliphatic rings. The van der Waals surface area contributed by atoms with Crippen molar-refractivity contribution in [3.63, 3.8) is 0 Å². The van der Waals surface area contributed by atoms with Gasteiger partial charge in [0.25, 0.3) is 0 Å². The molecule has 174 valence electrons. The SMILES string of the molecule is CCOC(=O)COc1c(C)c(C)c2c(c1C)CCC(C)(CCNc1cc(C)cc(C)n1)O2. The number of ether oxygens (including phenoxy) is 3. The van der Waals surface area contributed by atoms with Crippen LogP contribution in [0.25, 0.3) is 0 Å². The molecule has 0 amide bonds. The topological polar surface area (TPSA) is 69.7 Å². The van der Waals surface area contributed by atoms with E-state index in [1.807, 2.05) is 20.8 Å². The second kappa shape index (κ2) is 9.80. The van der Waals surface area contributed by atoms with Crippen LogP contribution in [0.15, 0.2) is 12.1 Å². The van der Waals surface area contributed by atoms with Gasteiger partial charge in [-0.3, -0.25) is 0 Å². The average molecular weight is 441 g/mol. The third-order valence-corrected chi connectivity index (χ3v) is 6.26. The lowest BCUT2D eigenvalue weighted by molar-refractivity contribution is -0.145. The molecule has 0 radical (unpaired) electrons. The summed E-state index contributed by atoms with van der Waals surface area (Å²) in [5.41, 5.74) is 6.27. The second-order valence-corrected chi connectivity index (χ2v) is 9.01. The molecule has 1 unspecified atom stereocenters. The molecule has 0 fully saturated rings. The molecule has 1 atom stereocenters. The summed E-state index contributed by atoms with van der Waals surface area (Å²) in [5.74, 6) is 2.29. The van der Waals surface area contributed by atoms with Gasteiger partial charge in [-0.15, -0.1) is 0 Å². The van der Waals surface area contributed by atoms with E-state index in [1.165, 1.54) is 11.1 Å². The van der Waals surface area contributed by atoms with Crippen molar-refractivity contribution in [2.75, 3.05) is 25.1 Å². The lowest BCUT2D eigenvalue weighted by Gasteiger charge is -2.38. The Kier molecular flexibility index (Phi) is 7.32. The number of esters is 1. The lowest BCUT2D eigenvalue weighted by Crippen LogP contribution is -2.39. The van der Waals surface area contributed by atoms with Gasteiger partial charge in [-0.1, -0.05) is 0 Å². The van der Waals surface area contributed by atoms with E-state index in [-0.39, 0.29) is 18.2 Å². The highest BCUT2D eigenvalue weighted by atomic mass is 16.6. The van der Waals surface area contributed by atoms with Crippen LogP contribution in [0.1, 0.15) is 60.2 Å². The molecule has 1 aliphatic heterocycles. The Morgan fingerprint density at radius 3 is 2.59 bits per heavy atom. The number of benzene rings is 1. The van der Waals surface area contributed by atoms with Crippen LogP contribution in [0.3, 0.4) is 0 Å². The zero-order valence-corrected chi connectivity index (χ0v) is 20.5. The van der Waals surface area contributed by atoms with Crippen LogP contribution in [-0.2, 0) is 16.0 Å². The van der Waals surface area contributed by atoms with Crippen LogP contribution < -0.4 is 14.8 Å². The minimum Gasteiger partial charge on any atom is -0.487 e. The summed E-state index contributed by atoms with van der Waals surface area (Å²) in [5, 5.41) is 3.45. The summed E-state index contributed by atoms with van der Waals surface area (Å²) in [4.78, 5) is 16.3. The first-order valence-corrected chi connectivity index (χ1v) is 11.4. The maximum atomic E-state index is 11.8. The summed E-state index contributed by atoms with van der Waals surface area (Å²) in [6.07, 6.45) is 2.71. The highest BCUT2D eigenvalue weighted by molar-refractivity contribution is 5.71. The van der Waals surface area contributed by atoms with E-state index in [4.69, 9.17) is 14.2 Å². The van der Waals surface area contributed by atoms with Crippen molar-refractivity contribution in [3.8, 4) is 11.5 Å². The predicted molar refractivity (Wildman–Crippen MR) is 127 cm³/mol. The number of rotatable bonds is 8. The minimum atomic E-state index is -0.351. The molecule has 0 saturated carbocycles. The van der Waals surface area contributed by atoms with Crippen LogP contribution in [0.5, 0.6) is 11.5 Å². The largest absolute Gasteiger partial charge is 0.487 e. The first-order valence-electron chi connectivity index (χ1n) is 11.4. The third-order valence-electron chi connectivity index (χ3n) is 6.26. The molecule has 0 saturated heterocycles. The summed E-state index contributed by atoms with van der Waals surface area (Å²) in [7, 11) is 0. The number of nitrogens with one attached hydrogen (secondary N) is 1. The number of carbonyl (C=O) groups is 1. The van der Waals surface area contributed by atoms with Crippen molar-refractivity contribution < 1.29 is 19.0 Å². The molecule has 1 N–H and O–H groups in total. The number of nitrogens with zero attached hydrogens (tertiary/aromatic N) is 1. The third kappa shape index (κ3) is 5.34. The average Bonchev–Trinajstić information content (AvgIpc) is 2.71. The van der Waals surface area contributed by atoms with Crippen LogP contribution in [0.4, 0.5) is 5.82 Å². The van der Waals surface area contributed by atoms with E-state index in [2.05, 4.69) is 43.2 Å². The van der Waals surface area contributed by atoms with Gasteiger partial charge in [-0.25, -0.2) is 9.78 Å². The Hall–Kier alpha value is -2.76. The molecular weight excluding hydrogens is 404 g/mol. The van der Waals surface area contributed by atoms with Gasteiger partial charge in [0.05, 0.1) is 6.61 Å². The number of anilines is 1. The summed E-state index contributed by atoms with van der Waals surface area (Å²) < 4.78 is 17.5. The van der Waals surface area contributed by atoms with Crippen LogP contribution in [0, 0.1) is 34.6 Å². The van der Waals surface area contributed by atoms with Crippen molar-refractivity contribution in [2.24, 2.45) is 0 Å². The normalized spacial score (nSPS) is 17.3. The highest BCUT2D eigenvalue weighted by Crippen LogP contribution is 2.44. The fourth-order valence-electron chi connectivity index (χ4n) is 4.39. The van der Waals surface area contributed by atoms with Crippen molar-refractivity contribution in [1.82, 2.24) is 4.98 Å². The molecule has 0 aliphatic carbocycles. The number of pyridine rings is 1. The Morgan fingerprint density at radius 2 is 1.91 bits per heavy atom. The Morgan fingerprint density at radius 1 is 1.16 bits per heavy atom. The lowest BCUT2D eigenvalue weighted by atomic mass is 9.85. The van der Waals surface area contributed by atoms with Crippen molar-refractivity contribution in [2.45, 2.75) is 73.3 Å². The fraction of sp³-hybridized carbons (Fsp3) is 0.538. The molecule has 6 nitrogen and oxygen atoms in total. The van der Waals surface area contributed by atoms with Gasteiger partial charge in [0.2, 0.25) is 0 Å². The Bertz CT molecular complexity index is 982. The zero-order chi connectivity index (χ0) is 23.5. The van der Waals surface area contributed by atoms with Crippen LogP contribution in [-0.4, -0.2) is 36.3 Å². The van der Waals surface area contributed by atoms with E-state index in [0.29, 0.717) is 6.61 Å². The highest BCUT2D eigenvalue weighted by Gasteiger charge is 2.34. The molecule has 6 heteroatoms. The van der Waals surface area contributed by atoms with Gasteiger partial charge >= 0.3 is 5.97 Å². The maximum Gasteiger partial charge on any atom is 0.344 e. The smallest absolute Gasteiger partial charge is 0.344 e. The number of aromatic nitrogens is 1. The van der Waals surface area contributed by atoms with Gasteiger partial charge in [0.15, 0.2) is 6.61 Å². The van der Waals surface area contributed by atoms with Crippen LogP contribution >= 0.6 is 0 Å². The Balaban J connectivity index is 1.72. The molecule has 2 aromatic rings. The standard InChI is InChI=1S/C26H36N2O4/c1-8-30-23(29)15-31-24-18(4)19(5)25-21(20(24)6)9-10-26(7,32-25)11-12-27-22-14-16(2)13-17(3)28-22/h13-14H,8-12,15H2,1-7H3,(H,27,28). The molecule has 1 aromatic carbocycles. The second-order valence-electron chi connectivity index (χ2n) is 9.01. The number of hydrogen-bond acceptors (Lipinski definition) is 6. The molecule has 2 heterocycles. The molecule has 3 rings (SSSR count). The zero-order valence-electron chi connectivity index (χ0n) is 20.5. The molecule has 0 spiro atoms. The van der Waals surface area contributed by atoms with Gasteiger partial charge in [-0.2, -0.15) is 0 Å². The van der Waals surface area contributed by atoms with E-state index in [9.17, 15) is 4.79 Å². The van der Waals surface area contributed by atoms with Crippen molar-refractivity contribution in [1.29, 1.82) is 0 Å². The number of fused-ring (bicyclic) bond motifs is 1. The van der Waals surface area contributed by atoms with Gasteiger partial charge in [-0.05, 0) is 95.7 Å². The monoisotopic (exact) mass is 440 g/mol. The number of carbonyl (C=O) groups excluding carboxylic acids is 1. The molecular formula is C26H36N2O4. The van der Waals surface area contributed by atoms with E-state index >= 15 is 0 Å². The summed E-state index contributed by atoms with van der Waals surface area (Å²) in [6, 6.07) is 4.15. The quantitative estimate of drug-likeness (QED) is 0.573. The maximum absolute atomic E-state index is 11.8. The summed E-state index contributed by atoms with van der Waals surface area (Å²) in [6.45, 7) is 15.3. The van der Waals surface area contributed by atoms with E-state index in [1.54, 1.807) is 6.92 Å². The van der Waals surface area contributed by atoms with E-state index in [0.717, 1.165) is 65.5 Å². The molecule has 1 aromatic heterocycles. The van der Waals surface area contributed by atoms with Gasteiger partial charge in [0, 0.05) is 24.2 Å². The van der Waals surface area contributed by atoms with Gasteiger partial charge < -0.3 is 19.5 Å². The van der Waals surface area contributed by atoms with Crippen LogP contribution in [0.2, 0.25) is 0 Å². The molecule has 0 bridgehead atoms. The van der Waals surface area contributed by atoms with Gasteiger partial charge in [0.1, 0.15) is 22.9 Å². The fourth-order valence-corrected chi connectivity index (χ4v) is 4.39. The number of aryl methyl sites for hydroxylation is 2. The first kappa shape index (κ1) is 23.9. The summed E-state index contributed by atoms with van der Waals surface area (Å²) >= 11 is 0. The predicted octanol–water partition coefficient (Wildman–Crippen LogP) is 5.15. The van der Waals surface area contributed by atoms with Crippen molar-refractivity contribution in [3.05, 3.63) is 45.6 Å². The van der Waals surface area contributed by atoms with E-state index < -0.39 is 0 Å².